The minimum absolute atomic E-state index is 0.144. The van der Waals surface area contributed by atoms with Gasteiger partial charge in [0.05, 0.1) is 16.9 Å². The van der Waals surface area contributed by atoms with Gasteiger partial charge >= 0.3 is 0 Å². The van der Waals surface area contributed by atoms with E-state index in [1.165, 1.54) is 4.90 Å². The van der Waals surface area contributed by atoms with E-state index in [1.807, 2.05) is 19.1 Å². The first-order valence-electron chi connectivity index (χ1n) is 6.00. The number of nitrogens with two attached hydrogens (primary N) is 1. The summed E-state index contributed by atoms with van der Waals surface area (Å²) >= 11 is 9.42. The number of hydrogen-bond donors (Lipinski definition) is 1. The summed E-state index contributed by atoms with van der Waals surface area (Å²) in [5.41, 5.74) is 8.60. The average Bonchev–Trinajstić information content (AvgIpc) is 2.43. The Morgan fingerprint density at radius 2 is 2.00 bits per heavy atom. The van der Waals surface area contributed by atoms with Crippen LogP contribution >= 0.6 is 27.5 Å². The Labute approximate surface area is 131 Å². The van der Waals surface area contributed by atoms with Crippen LogP contribution in [0.25, 0.3) is 0 Å². The van der Waals surface area contributed by atoms with Crippen molar-refractivity contribution in [2.45, 2.75) is 6.92 Å². The number of carbonyl (C=O) groups excluding carboxylic acids is 1. The summed E-state index contributed by atoms with van der Waals surface area (Å²) < 4.78 is 0.789. The molecule has 0 saturated heterocycles. The van der Waals surface area contributed by atoms with Crippen molar-refractivity contribution in [1.82, 2.24) is 0 Å². The molecule has 0 radical (unpaired) electrons. The number of halogens is 2. The maximum absolute atomic E-state index is 12.6. The largest absolute Gasteiger partial charge is 0.397 e. The van der Waals surface area contributed by atoms with E-state index < -0.39 is 0 Å². The van der Waals surface area contributed by atoms with Gasteiger partial charge in [0.15, 0.2) is 0 Å². The molecule has 104 valence electrons. The molecular weight excluding hydrogens is 340 g/mol. The third-order valence-corrected chi connectivity index (χ3v) is 4.37. The molecule has 2 rings (SSSR count). The highest BCUT2D eigenvalue weighted by atomic mass is 79.9. The van der Waals surface area contributed by atoms with Gasteiger partial charge in [-0.2, -0.15) is 0 Å². The average molecular weight is 354 g/mol. The molecule has 2 aromatic rings. The van der Waals surface area contributed by atoms with Gasteiger partial charge in [0.1, 0.15) is 0 Å². The maximum Gasteiger partial charge on any atom is 0.259 e. The topological polar surface area (TPSA) is 46.3 Å². The van der Waals surface area contributed by atoms with E-state index in [0.717, 1.165) is 10.0 Å². The first kappa shape index (κ1) is 14.9. The monoisotopic (exact) mass is 352 g/mol. The highest BCUT2D eigenvalue weighted by molar-refractivity contribution is 9.10. The number of anilines is 2. The molecule has 0 unspecified atom stereocenters. The smallest absolute Gasteiger partial charge is 0.259 e. The molecule has 0 atom stereocenters. The molecule has 2 aromatic carbocycles. The molecule has 0 aliphatic rings. The van der Waals surface area contributed by atoms with E-state index in [0.29, 0.717) is 22.0 Å². The first-order chi connectivity index (χ1) is 9.41. The second-order valence-electron chi connectivity index (χ2n) is 4.50. The molecular formula is C15H14BrClN2O. The van der Waals surface area contributed by atoms with Crippen LogP contribution < -0.4 is 10.6 Å². The molecule has 0 fully saturated rings. The molecule has 5 heteroatoms. The number of rotatable bonds is 2. The van der Waals surface area contributed by atoms with Crippen molar-refractivity contribution in [3.63, 3.8) is 0 Å². The fourth-order valence-corrected chi connectivity index (χ4v) is 2.51. The van der Waals surface area contributed by atoms with E-state index in [4.69, 9.17) is 17.3 Å². The molecule has 0 aromatic heterocycles. The number of hydrogen-bond acceptors (Lipinski definition) is 2. The second kappa shape index (κ2) is 5.85. The molecule has 0 spiro atoms. The Hall–Kier alpha value is -1.52. The lowest BCUT2D eigenvalue weighted by Crippen LogP contribution is -2.27. The van der Waals surface area contributed by atoms with Crippen molar-refractivity contribution in [3.8, 4) is 0 Å². The van der Waals surface area contributed by atoms with Crippen LogP contribution in [0.15, 0.2) is 40.9 Å². The summed E-state index contributed by atoms with van der Waals surface area (Å²) in [5.74, 6) is -0.144. The third kappa shape index (κ3) is 2.81. The molecule has 2 N–H and O–H groups in total. The van der Waals surface area contributed by atoms with Crippen molar-refractivity contribution in [1.29, 1.82) is 0 Å². The van der Waals surface area contributed by atoms with Crippen molar-refractivity contribution < 1.29 is 4.79 Å². The van der Waals surface area contributed by atoms with Crippen molar-refractivity contribution in [3.05, 3.63) is 57.0 Å². The lowest BCUT2D eigenvalue weighted by atomic mass is 10.1. The highest BCUT2D eigenvalue weighted by Crippen LogP contribution is 2.29. The van der Waals surface area contributed by atoms with E-state index in [1.54, 1.807) is 31.3 Å². The second-order valence-corrected chi connectivity index (χ2v) is 5.73. The Kier molecular flexibility index (Phi) is 4.35. The maximum atomic E-state index is 12.6. The molecule has 0 aliphatic carbocycles. The minimum Gasteiger partial charge on any atom is -0.397 e. The van der Waals surface area contributed by atoms with Gasteiger partial charge < -0.3 is 10.6 Å². The molecule has 0 bridgehead atoms. The molecule has 20 heavy (non-hydrogen) atoms. The van der Waals surface area contributed by atoms with Gasteiger partial charge in [0, 0.05) is 16.5 Å². The summed E-state index contributed by atoms with van der Waals surface area (Å²) in [6, 6.07) is 10.6. The quantitative estimate of drug-likeness (QED) is 0.820. The van der Waals surface area contributed by atoms with Crippen LogP contribution in [0.5, 0.6) is 0 Å². The Morgan fingerprint density at radius 1 is 1.30 bits per heavy atom. The van der Waals surface area contributed by atoms with Crippen molar-refractivity contribution in [2.75, 3.05) is 17.7 Å². The number of nitrogens with zero attached hydrogens (tertiary/aromatic N) is 1. The minimum atomic E-state index is -0.144. The number of amides is 1. The zero-order valence-corrected chi connectivity index (χ0v) is 13.5. The lowest BCUT2D eigenvalue weighted by Gasteiger charge is -2.20. The van der Waals surface area contributed by atoms with Crippen LogP contribution in [0.3, 0.4) is 0 Å². The number of aryl methyl sites for hydroxylation is 1. The Morgan fingerprint density at radius 3 is 2.70 bits per heavy atom. The first-order valence-corrected chi connectivity index (χ1v) is 7.17. The summed E-state index contributed by atoms with van der Waals surface area (Å²) in [5, 5.41) is 0.539. The van der Waals surface area contributed by atoms with Crippen molar-refractivity contribution in [2.24, 2.45) is 0 Å². The lowest BCUT2D eigenvalue weighted by molar-refractivity contribution is 0.0992. The standard InChI is InChI=1S/C15H14BrClN2O/c1-9-4-3-5-11(14(9)16)15(20)19(2)13-8-10(17)6-7-12(13)18/h3-8H,18H2,1-2H3. The highest BCUT2D eigenvalue weighted by Gasteiger charge is 2.18. The molecule has 1 amide bonds. The summed E-state index contributed by atoms with van der Waals surface area (Å²) in [6.07, 6.45) is 0. The van der Waals surface area contributed by atoms with E-state index in [-0.39, 0.29) is 5.91 Å². The van der Waals surface area contributed by atoms with Crippen LogP contribution in [-0.2, 0) is 0 Å². The Balaban J connectivity index is 2.43. The molecule has 3 nitrogen and oxygen atoms in total. The third-order valence-electron chi connectivity index (χ3n) is 3.08. The number of nitrogen functional groups attached to an aromatic ring is 1. The van der Waals surface area contributed by atoms with Gasteiger partial charge in [-0.05, 0) is 52.7 Å². The molecule has 0 heterocycles. The van der Waals surface area contributed by atoms with E-state index in [2.05, 4.69) is 15.9 Å². The zero-order valence-electron chi connectivity index (χ0n) is 11.2. The van der Waals surface area contributed by atoms with Gasteiger partial charge in [-0.15, -0.1) is 0 Å². The normalized spacial score (nSPS) is 10.4. The van der Waals surface area contributed by atoms with Gasteiger partial charge in [-0.25, -0.2) is 0 Å². The predicted octanol–water partition coefficient (Wildman–Crippen LogP) is 4.27. The fourth-order valence-electron chi connectivity index (χ4n) is 1.91. The van der Waals surface area contributed by atoms with Crippen LogP contribution in [0.1, 0.15) is 15.9 Å². The predicted molar refractivity (Wildman–Crippen MR) is 87.5 cm³/mol. The SMILES string of the molecule is Cc1cccc(C(=O)N(C)c2cc(Cl)ccc2N)c1Br. The van der Waals surface area contributed by atoms with Crippen LogP contribution in [0.2, 0.25) is 5.02 Å². The molecule has 0 aliphatic heterocycles. The molecule has 0 saturated carbocycles. The van der Waals surface area contributed by atoms with Gasteiger partial charge in [-0.1, -0.05) is 23.7 Å². The Bertz CT molecular complexity index is 673. The van der Waals surface area contributed by atoms with Gasteiger partial charge in [0.2, 0.25) is 0 Å². The van der Waals surface area contributed by atoms with Gasteiger partial charge in [-0.3, -0.25) is 4.79 Å². The van der Waals surface area contributed by atoms with Crippen LogP contribution in [0, 0.1) is 6.92 Å². The van der Waals surface area contributed by atoms with Crippen molar-refractivity contribution >= 4 is 44.8 Å². The zero-order chi connectivity index (χ0) is 14.9. The van der Waals surface area contributed by atoms with E-state index in [9.17, 15) is 4.79 Å². The summed E-state index contributed by atoms with van der Waals surface area (Å²) in [7, 11) is 1.68. The van der Waals surface area contributed by atoms with Crippen LogP contribution in [0.4, 0.5) is 11.4 Å². The summed E-state index contributed by atoms with van der Waals surface area (Å²) in [4.78, 5) is 14.1. The number of benzene rings is 2. The van der Waals surface area contributed by atoms with Crippen LogP contribution in [-0.4, -0.2) is 13.0 Å². The fraction of sp³-hybridized carbons (Fsp3) is 0.133. The summed E-state index contributed by atoms with van der Waals surface area (Å²) in [6.45, 7) is 1.94. The number of carbonyl (C=O) groups is 1. The van der Waals surface area contributed by atoms with E-state index >= 15 is 0 Å². The van der Waals surface area contributed by atoms with Gasteiger partial charge in [0.25, 0.3) is 5.91 Å².